The van der Waals surface area contributed by atoms with Crippen LogP contribution in [0.3, 0.4) is 0 Å². The maximum Gasteiger partial charge on any atom is 0.316 e. The lowest BCUT2D eigenvalue weighted by molar-refractivity contribution is -0.144. The van der Waals surface area contributed by atoms with Crippen molar-refractivity contribution < 1.29 is 14.6 Å². The summed E-state index contributed by atoms with van der Waals surface area (Å²) in [5, 5.41) is 24.6. The number of carbonyl (C=O) groups is 1. The number of tetrazole rings is 1. The highest BCUT2D eigenvalue weighted by atomic mass is 16.5. The molecule has 2 aromatic carbocycles. The standard InChI is InChI=1S/C28H33N7O3/c1-4-23-22(17-36)29-27(18(3)28(37)38-5-2)35(23)15-19-10-13-25-21(14-19)12-11-20-8-6-7-9-24(20)34(25)16-26-30-32-33-31-26/h6-10,13-14,18,36H,4-5,11-12,15-17H2,1-3H3,(H,30,31,32,33). The Morgan fingerprint density at radius 3 is 2.63 bits per heavy atom. The quantitative estimate of drug-likeness (QED) is 0.324. The smallest absolute Gasteiger partial charge is 0.316 e. The first kappa shape index (κ1) is 25.6. The van der Waals surface area contributed by atoms with E-state index < -0.39 is 5.92 Å². The van der Waals surface area contributed by atoms with Gasteiger partial charge in [0.2, 0.25) is 0 Å². The molecule has 0 amide bonds. The zero-order valence-corrected chi connectivity index (χ0v) is 22.0. The van der Waals surface area contributed by atoms with E-state index in [1.54, 1.807) is 6.92 Å². The van der Waals surface area contributed by atoms with Crippen LogP contribution in [0.25, 0.3) is 0 Å². The van der Waals surface area contributed by atoms with Crippen LogP contribution in [-0.2, 0) is 48.5 Å². The fraction of sp³-hybridized carbons (Fsp3) is 0.393. The Morgan fingerprint density at radius 1 is 1.11 bits per heavy atom. The zero-order chi connectivity index (χ0) is 26.6. The van der Waals surface area contributed by atoms with Crippen molar-refractivity contribution in [1.82, 2.24) is 30.2 Å². The molecule has 5 rings (SSSR count). The number of carbonyl (C=O) groups excluding carboxylic acids is 1. The summed E-state index contributed by atoms with van der Waals surface area (Å²) in [7, 11) is 0. The van der Waals surface area contributed by atoms with Gasteiger partial charge in [0.05, 0.1) is 25.5 Å². The minimum atomic E-state index is -0.540. The Hall–Kier alpha value is -4.05. The van der Waals surface area contributed by atoms with Gasteiger partial charge in [-0.1, -0.05) is 42.5 Å². The van der Waals surface area contributed by atoms with Gasteiger partial charge in [0.15, 0.2) is 5.82 Å². The van der Waals surface area contributed by atoms with E-state index in [0.717, 1.165) is 35.5 Å². The summed E-state index contributed by atoms with van der Waals surface area (Å²) >= 11 is 0. The molecule has 10 nitrogen and oxygen atoms in total. The number of aliphatic hydroxyl groups is 1. The van der Waals surface area contributed by atoms with Crippen LogP contribution < -0.4 is 4.90 Å². The lowest BCUT2D eigenvalue weighted by Gasteiger charge is -2.26. The van der Waals surface area contributed by atoms with Crippen molar-refractivity contribution in [2.24, 2.45) is 0 Å². The van der Waals surface area contributed by atoms with Gasteiger partial charge in [-0.2, -0.15) is 5.21 Å². The van der Waals surface area contributed by atoms with E-state index in [2.05, 4.69) is 77.5 Å². The molecule has 1 aliphatic heterocycles. The van der Waals surface area contributed by atoms with Crippen LogP contribution in [0, 0.1) is 0 Å². The number of nitrogens with one attached hydrogen (secondary N) is 1. The van der Waals surface area contributed by atoms with Gasteiger partial charge in [0, 0.05) is 23.6 Å². The van der Waals surface area contributed by atoms with Crippen LogP contribution in [0.5, 0.6) is 0 Å². The van der Waals surface area contributed by atoms with E-state index >= 15 is 0 Å². The van der Waals surface area contributed by atoms with Crippen molar-refractivity contribution in [2.75, 3.05) is 11.5 Å². The van der Waals surface area contributed by atoms with Crippen LogP contribution in [0.1, 0.15) is 66.4 Å². The SMILES string of the molecule is CCOC(=O)C(C)c1nc(CO)c(CC)n1Cc1ccc2c(c1)CCc1ccccc1N2Cc1nn[nH]n1. The van der Waals surface area contributed by atoms with Gasteiger partial charge in [-0.05, 0) is 61.9 Å². The molecule has 4 aromatic rings. The molecule has 0 fully saturated rings. The molecule has 10 heteroatoms. The normalized spacial score (nSPS) is 13.5. The number of aliphatic hydroxyl groups excluding tert-OH is 1. The molecule has 198 valence electrons. The second-order valence-electron chi connectivity index (χ2n) is 9.44. The first-order chi connectivity index (χ1) is 18.5. The average Bonchev–Trinajstić information content (AvgIpc) is 3.54. The second-order valence-corrected chi connectivity index (χ2v) is 9.44. The Kier molecular flexibility index (Phi) is 7.50. The molecule has 0 saturated heterocycles. The summed E-state index contributed by atoms with van der Waals surface area (Å²) in [6.07, 6.45) is 2.50. The number of hydrogen-bond acceptors (Lipinski definition) is 8. The summed E-state index contributed by atoms with van der Waals surface area (Å²) in [5.41, 5.74) is 7.39. The van der Waals surface area contributed by atoms with Crippen LogP contribution in [0.15, 0.2) is 42.5 Å². The number of fused-ring (bicyclic) bond motifs is 2. The summed E-state index contributed by atoms with van der Waals surface area (Å²) < 4.78 is 7.34. The minimum Gasteiger partial charge on any atom is -0.465 e. The first-order valence-corrected chi connectivity index (χ1v) is 13.1. The van der Waals surface area contributed by atoms with E-state index in [0.29, 0.717) is 43.5 Å². The molecule has 1 atom stereocenters. The molecule has 3 heterocycles. The van der Waals surface area contributed by atoms with Gasteiger partial charge in [-0.25, -0.2) is 4.98 Å². The van der Waals surface area contributed by atoms with Gasteiger partial charge < -0.3 is 19.3 Å². The number of nitrogens with zero attached hydrogens (tertiary/aromatic N) is 6. The third-order valence-electron chi connectivity index (χ3n) is 7.11. The molecule has 2 aromatic heterocycles. The molecule has 1 aliphatic rings. The first-order valence-electron chi connectivity index (χ1n) is 13.1. The molecule has 0 aliphatic carbocycles. The van der Waals surface area contributed by atoms with E-state index in [-0.39, 0.29) is 12.6 Å². The molecule has 2 N–H and O–H groups in total. The number of hydrogen-bond donors (Lipinski definition) is 2. The fourth-order valence-corrected chi connectivity index (χ4v) is 5.29. The van der Waals surface area contributed by atoms with Gasteiger partial charge >= 0.3 is 5.97 Å². The number of benzene rings is 2. The Labute approximate surface area is 221 Å². The van der Waals surface area contributed by atoms with Crippen molar-refractivity contribution in [3.8, 4) is 0 Å². The van der Waals surface area contributed by atoms with Gasteiger partial charge in [0.25, 0.3) is 0 Å². The van der Waals surface area contributed by atoms with Crippen molar-refractivity contribution in [3.05, 3.63) is 82.2 Å². The Balaban J connectivity index is 1.52. The highest BCUT2D eigenvalue weighted by Gasteiger charge is 2.27. The van der Waals surface area contributed by atoms with Crippen LogP contribution >= 0.6 is 0 Å². The summed E-state index contributed by atoms with van der Waals surface area (Å²) in [6.45, 7) is 6.82. The van der Waals surface area contributed by atoms with Gasteiger partial charge in [0.1, 0.15) is 11.7 Å². The van der Waals surface area contributed by atoms with E-state index in [4.69, 9.17) is 4.74 Å². The number of rotatable bonds is 9. The summed E-state index contributed by atoms with van der Waals surface area (Å²) in [4.78, 5) is 19.5. The molecule has 38 heavy (non-hydrogen) atoms. The number of ether oxygens (including phenoxy) is 1. The van der Waals surface area contributed by atoms with Gasteiger partial charge in [-0.15, -0.1) is 10.2 Å². The Bertz CT molecular complexity index is 1410. The number of aromatic nitrogens is 6. The lowest BCUT2D eigenvalue weighted by atomic mass is 10.0. The van der Waals surface area contributed by atoms with E-state index in [9.17, 15) is 9.90 Å². The number of imidazole rings is 1. The average molecular weight is 516 g/mol. The predicted octanol–water partition coefficient (Wildman–Crippen LogP) is 3.60. The zero-order valence-electron chi connectivity index (χ0n) is 22.0. The topological polar surface area (TPSA) is 122 Å². The third-order valence-corrected chi connectivity index (χ3v) is 7.11. The third kappa shape index (κ3) is 4.91. The maximum absolute atomic E-state index is 12.6. The maximum atomic E-state index is 12.6. The molecule has 0 radical (unpaired) electrons. The molecule has 1 unspecified atom stereocenters. The lowest BCUT2D eigenvalue weighted by Crippen LogP contribution is -2.20. The number of aryl methyl sites for hydroxylation is 2. The predicted molar refractivity (Wildman–Crippen MR) is 142 cm³/mol. The van der Waals surface area contributed by atoms with Crippen molar-refractivity contribution in [2.45, 2.75) is 65.6 Å². The van der Waals surface area contributed by atoms with Crippen LogP contribution in [0.4, 0.5) is 11.4 Å². The highest BCUT2D eigenvalue weighted by Crippen LogP contribution is 2.37. The molecule has 0 spiro atoms. The molecular weight excluding hydrogens is 482 g/mol. The van der Waals surface area contributed by atoms with E-state index in [1.807, 2.05) is 13.8 Å². The highest BCUT2D eigenvalue weighted by molar-refractivity contribution is 5.76. The summed E-state index contributed by atoms with van der Waals surface area (Å²) in [6, 6.07) is 14.9. The second kappa shape index (κ2) is 11.1. The number of esters is 1. The molecule has 0 bridgehead atoms. The van der Waals surface area contributed by atoms with Crippen LogP contribution in [0.2, 0.25) is 0 Å². The van der Waals surface area contributed by atoms with Gasteiger partial charge in [-0.3, -0.25) is 4.79 Å². The summed E-state index contributed by atoms with van der Waals surface area (Å²) in [5.74, 6) is 0.381. The minimum absolute atomic E-state index is 0.174. The number of anilines is 2. The largest absolute Gasteiger partial charge is 0.465 e. The monoisotopic (exact) mass is 515 g/mol. The van der Waals surface area contributed by atoms with Crippen molar-refractivity contribution in [3.63, 3.8) is 0 Å². The molecular formula is C28H33N7O3. The fourth-order valence-electron chi connectivity index (χ4n) is 5.29. The van der Waals surface area contributed by atoms with Crippen molar-refractivity contribution >= 4 is 17.3 Å². The Morgan fingerprint density at radius 2 is 1.89 bits per heavy atom. The number of aromatic amines is 1. The van der Waals surface area contributed by atoms with Crippen molar-refractivity contribution in [1.29, 1.82) is 0 Å². The van der Waals surface area contributed by atoms with E-state index in [1.165, 1.54) is 11.1 Å². The molecule has 0 saturated carbocycles. The number of para-hydroxylation sites is 1. The van der Waals surface area contributed by atoms with Crippen LogP contribution in [-0.4, -0.2) is 47.9 Å². The number of H-pyrrole nitrogens is 1.